The molecule has 2 rings (SSSR count). The fourth-order valence-corrected chi connectivity index (χ4v) is 1.21. The highest BCUT2D eigenvalue weighted by Gasteiger charge is 2.31. The van der Waals surface area contributed by atoms with Gasteiger partial charge < -0.3 is 9.15 Å². The Kier molecular flexibility index (Phi) is 2.64. The maximum Gasteiger partial charge on any atom is 0.416 e. The van der Waals surface area contributed by atoms with Crippen LogP contribution in [0.3, 0.4) is 0 Å². The third kappa shape index (κ3) is 2.45. The van der Waals surface area contributed by atoms with Gasteiger partial charge in [-0.25, -0.2) is 0 Å². The van der Waals surface area contributed by atoms with Gasteiger partial charge in [0, 0.05) is 0 Å². The number of halogens is 5. The van der Waals surface area contributed by atoms with Crippen LogP contribution in [0.4, 0.5) is 22.0 Å². The molecule has 17 heavy (non-hydrogen) atoms. The summed E-state index contributed by atoms with van der Waals surface area (Å²) >= 11 is 0. The third-order valence-electron chi connectivity index (χ3n) is 1.89. The number of hydrogen-bond donors (Lipinski definition) is 0. The van der Waals surface area contributed by atoms with Crippen molar-refractivity contribution in [2.75, 3.05) is 0 Å². The van der Waals surface area contributed by atoms with Gasteiger partial charge in [-0.15, -0.1) is 0 Å². The molecule has 8 heteroatoms. The second-order valence-corrected chi connectivity index (χ2v) is 3.04. The molecule has 0 aliphatic rings. The lowest BCUT2D eigenvalue weighted by Crippen LogP contribution is -2.04. The summed E-state index contributed by atoms with van der Waals surface area (Å²) in [6.45, 7) is -3.15. The van der Waals surface area contributed by atoms with Gasteiger partial charge in [-0.1, -0.05) is 0 Å². The first-order valence-corrected chi connectivity index (χ1v) is 4.29. The van der Waals surface area contributed by atoms with E-state index < -0.39 is 24.4 Å². The predicted molar refractivity (Wildman–Crippen MR) is 45.6 cm³/mol. The minimum atomic E-state index is -4.53. The number of hydrogen-bond acceptors (Lipinski definition) is 3. The molecular formula is C9H4F5NO2. The third-order valence-corrected chi connectivity index (χ3v) is 1.89. The van der Waals surface area contributed by atoms with Crippen molar-refractivity contribution in [3.8, 4) is 6.08 Å². The molecule has 0 spiro atoms. The van der Waals surface area contributed by atoms with Gasteiger partial charge in [0.05, 0.1) is 5.56 Å². The number of ether oxygens (including phenoxy) is 1. The van der Waals surface area contributed by atoms with E-state index in [2.05, 4.69) is 14.1 Å². The Morgan fingerprint density at radius 1 is 1.24 bits per heavy atom. The molecule has 0 aliphatic carbocycles. The van der Waals surface area contributed by atoms with Crippen LogP contribution in [-0.4, -0.2) is 11.6 Å². The zero-order chi connectivity index (χ0) is 12.6. The van der Waals surface area contributed by atoms with Crippen LogP contribution in [0.1, 0.15) is 5.56 Å². The molecule has 3 nitrogen and oxygen atoms in total. The number of benzene rings is 1. The topological polar surface area (TPSA) is 35.3 Å². The molecule has 0 saturated carbocycles. The lowest BCUT2D eigenvalue weighted by Gasteiger charge is -2.04. The molecule has 0 fully saturated rings. The highest BCUT2D eigenvalue weighted by atomic mass is 19.4. The van der Waals surface area contributed by atoms with Crippen molar-refractivity contribution in [1.29, 1.82) is 0 Å². The van der Waals surface area contributed by atoms with Gasteiger partial charge in [-0.2, -0.15) is 26.9 Å². The molecule has 92 valence electrons. The summed E-state index contributed by atoms with van der Waals surface area (Å²) < 4.78 is 69.1. The second-order valence-electron chi connectivity index (χ2n) is 3.04. The summed E-state index contributed by atoms with van der Waals surface area (Å²) in [6.07, 6.45) is -5.30. The van der Waals surface area contributed by atoms with Gasteiger partial charge in [0.2, 0.25) is 0 Å². The van der Waals surface area contributed by atoms with E-state index in [0.717, 1.165) is 12.1 Å². The maximum atomic E-state index is 12.3. The van der Waals surface area contributed by atoms with E-state index in [-0.39, 0.29) is 11.1 Å². The van der Waals surface area contributed by atoms with Crippen LogP contribution >= 0.6 is 0 Å². The molecule has 2 aromatic rings. The highest BCUT2D eigenvalue weighted by molar-refractivity contribution is 5.74. The molecule has 0 radical (unpaired) electrons. The quantitative estimate of drug-likeness (QED) is 0.769. The van der Waals surface area contributed by atoms with Crippen LogP contribution in [0.25, 0.3) is 11.1 Å². The normalized spacial score (nSPS) is 12.4. The van der Waals surface area contributed by atoms with Crippen molar-refractivity contribution < 1.29 is 31.1 Å². The van der Waals surface area contributed by atoms with Crippen molar-refractivity contribution in [1.82, 2.24) is 4.98 Å². The van der Waals surface area contributed by atoms with E-state index in [1.807, 2.05) is 0 Å². The average molecular weight is 253 g/mol. The van der Waals surface area contributed by atoms with Gasteiger partial charge in [0.15, 0.2) is 5.58 Å². The van der Waals surface area contributed by atoms with Crippen LogP contribution in [0.5, 0.6) is 6.08 Å². The van der Waals surface area contributed by atoms with Crippen molar-refractivity contribution in [2.24, 2.45) is 0 Å². The van der Waals surface area contributed by atoms with E-state index >= 15 is 0 Å². The second kappa shape index (κ2) is 3.86. The molecule has 0 aliphatic heterocycles. The fourth-order valence-electron chi connectivity index (χ4n) is 1.21. The number of alkyl halides is 5. The zero-order valence-electron chi connectivity index (χ0n) is 7.96. The maximum absolute atomic E-state index is 12.3. The van der Waals surface area contributed by atoms with Gasteiger partial charge in [-0.05, 0) is 18.2 Å². The van der Waals surface area contributed by atoms with E-state index in [9.17, 15) is 22.0 Å². The lowest BCUT2D eigenvalue weighted by molar-refractivity contribution is -0.137. The molecule has 0 amide bonds. The summed E-state index contributed by atoms with van der Waals surface area (Å²) in [6, 6.07) is 2.44. The van der Waals surface area contributed by atoms with Gasteiger partial charge in [-0.3, -0.25) is 0 Å². The van der Waals surface area contributed by atoms with Crippen molar-refractivity contribution >= 4 is 11.1 Å². The molecule has 1 aromatic heterocycles. The van der Waals surface area contributed by atoms with Gasteiger partial charge in [0.25, 0.3) is 0 Å². The number of aromatic nitrogens is 1. The Bertz CT molecular complexity index is 534. The minimum Gasteiger partial charge on any atom is -0.409 e. The summed E-state index contributed by atoms with van der Waals surface area (Å²) in [4.78, 5) is 3.36. The SMILES string of the molecule is FC(F)Oc1nc2cc(C(F)(F)F)ccc2o1. The summed E-state index contributed by atoms with van der Waals surface area (Å²) in [5.74, 6) is 0. The summed E-state index contributed by atoms with van der Waals surface area (Å²) in [5, 5.41) is 0. The molecule has 1 aromatic carbocycles. The predicted octanol–water partition coefficient (Wildman–Crippen LogP) is 3.45. The van der Waals surface area contributed by atoms with E-state index in [1.165, 1.54) is 0 Å². The molecule has 0 N–H and O–H groups in total. The van der Waals surface area contributed by atoms with E-state index in [1.54, 1.807) is 0 Å². The molecule has 0 unspecified atom stereocenters. The Hall–Kier alpha value is -1.86. The van der Waals surface area contributed by atoms with Crippen LogP contribution in [0, 0.1) is 0 Å². The van der Waals surface area contributed by atoms with Crippen molar-refractivity contribution in [3.63, 3.8) is 0 Å². The zero-order valence-corrected chi connectivity index (χ0v) is 7.96. The molecule has 0 bridgehead atoms. The van der Waals surface area contributed by atoms with Crippen molar-refractivity contribution in [3.05, 3.63) is 23.8 Å². The van der Waals surface area contributed by atoms with Crippen LogP contribution in [0.15, 0.2) is 22.6 Å². The van der Waals surface area contributed by atoms with E-state index in [0.29, 0.717) is 6.07 Å². The smallest absolute Gasteiger partial charge is 0.409 e. The monoisotopic (exact) mass is 253 g/mol. The lowest BCUT2D eigenvalue weighted by atomic mass is 10.2. The Morgan fingerprint density at radius 2 is 1.94 bits per heavy atom. The fraction of sp³-hybridized carbons (Fsp3) is 0.222. The summed E-state index contributed by atoms with van der Waals surface area (Å²) in [5.41, 5.74) is -1.20. The Labute approximate surface area is 90.8 Å². The van der Waals surface area contributed by atoms with Crippen LogP contribution < -0.4 is 4.74 Å². The van der Waals surface area contributed by atoms with Gasteiger partial charge in [0.1, 0.15) is 5.52 Å². The number of oxazole rings is 1. The number of fused-ring (bicyclic) bond motifs is 1. The first-order chi connectivity index (χ1) is 7.86. The number of rotatable bonds is 2. The van der Waals surface area contributed by atoms with E-state index in [4.69, 9.17) is 0 Å². The summed E-state index contributed by atoms with van der Waals surface area (Å²) in [7, 11) is 0. The molecular weight excluding hydrogens is 249 g/mol. The number of nitrogens with zero attached hydrogens (tertiary/aromatic N) is 1. The van der Waals surface area contributed by atoms with Crippen LogP contribution in [-0.2, 0) is 6.18 Å². The van der Waals surface area contributed by atoms with Gasteiger partial charge >= 0.3 is 18.9 Å². The first-order valence-electron chi connectivity index (χ1n) is 4.29. The largest absolute Gasteiger partial charge is 0.416 e. The minimum absolute atomic E-state index is 0.0614. The highest BCUT2D eigenvalue weighted by Crippen LogP contribution is 2.32. The molecule has 1 heterocycles. The Morgan fingerprint density at radius 3 is 2.53 bits per heavy atom. The van der Waals surface area contributed by atoms with Crippen LogP contribution in [0.2, 0.25) is 0 Å². The standard InChI is InChI=1S/C9H4F5NO2/c10-7(11)17-8-15-5-3-4(9(12,13)14)1-2-6(5)16-8/h1-3,7H. The Balaban J connectivity index is 2.41. The molecule has 0 atom stereocenters. The van der Waals surface area contributed by atoms with Crippen molar-refractivity contribution in [2.45, 2.75) is 12.8 Å². The first kappa shape index (κ1) is 11.6. The average Bonchev–Trinajstić information content (AvgIpc) is 2.55. The molecule has 0 saturated heterocycles.